The highest BCUT2D eigenvalue weighted by Crippen LogP contribution is 2.10. The number of aliphatic carboxylic acids is 1. The molecule has 0 aliphatic carbocycles. The molecule has 1 saturated heterocycles. The SMILES string of the molecule is COCCN(CC(=O)O)C(=O)N1CCOCC1C(N)=O. The van der Waals surface area contributed by atoms with E-state index in [9.17, 15) is 14.4 Å². The summed E-state index contributed by atoms with van der Waals surface area (Å²) >= 11 is 0. The minimum Gasteiger partial charge on any atom is -0.480 e. The van der Waals surface area contributed by atoms with Crippen LogP contribution in [0.25, 0.3) is 0 Å². The predicted octanol–water partition coefficient (Wildman–Crippen LogP) is -1.67. The zero-order valence-electron chi connectivity index (χ0n) is 11.3. The van der Waals surface area contributed by atoms with Crippen LogP contribution in [0.4, 0.5) is 4.79 Å². The van der Waals surface area contributed by atoms with Crippen molar-refractivity contribution in [1.29, 1.82) is 0 Å². The Hall–Kier alpha value is -1.87. The third-order valence-electron chi connectivity index (χ3n) is 2.86. The van der Waals surface area contributed by atoms with Gasteiger partial charge in [-0.3, -0.25) is 9.59 Å². The molecule has 114 valence electrons. The summed E-state index contributed by atoms with van der Waals surface area (Å²) in [5, 5.41) is 8.84. The minimum absolute atomic E-state index is 0.0201. The van der Waals surface area contributed by atoms with E-state index in [1.807, 2.05) is 0 Å². The summed E-state index contributed by atoms with van der Waals surface area (Å²) in [6.07, 6.45) is 0. The highest BCUT2D eigenvalue weighted by Gasteiger charge is 2.34. The highest BCUT2D eigenvalue weighted by molar-refractivity contribution is 5.87. The van der Waals surface area contributed by atoms with E-state index in [2.05, 4.69) is 0 Å². The van der Waals surface area contributed by atoms with Crippen molar-refractivity contribution in [3.63, 3.8) is 0 Å². The van der Waals surface area contributed by atoms with Crippen molar-refractivity contribution in [1.82, 2.24) is 9.80 Å². The number of primary amides is 1. The molecule has 9 nitrogen and oxygen atoms in total. The molecule has 1 heterocycles. The van der Waals surface area contributed by atoms with Crippen molar-refractivity contribution < 1.29 is 29.0 Å². The van der Waals surface area contributed by atoms with Gasteiger partial charge in [-0.25, -0.2) is 4.79 Å². The molecule has 0 saturated carbocycles. The number of methoxy groups -OCH3 is 1. The maximum absolute atomic E-state index is 12.3. The average Bonchev–Trinajstić information content (AvgIpc) is 2.42. The summed E-state index contributed by atoms with van der Waals surface area (Å²) in [7, 11) is 1.45. The van der Waals surface area contributed by atoms with E-state index in [1.54, 1.807) is 0 Å². The Morgan fingerprint density at radius 1 is 1.50 bits per heavy atom. The van der Waals surface area contributed by atoms with E-state index in [1.165, 1.54) is 12.0 Å². The molecule has 20 heavy (non-hydrogen) atoms. The quantitative estimate of drug-likeness (QED) is 0.602. The van der Waals surface area contributed by atoms with Crippen molar-refractivity contribution in [2.45, 2.75) is 6.04 Å². The maximum Gasteiger partial charge on any atom is 0.323 e. The molecule has 9 heteroatoms. The molecule has 0 aromatic heterocycles. The zero-order chi connectivity index (χ0) is 15.1. The van der Waals surface area contributed by atoms with Crippen LogP contribution >= 0.6 is 0 Å². The molecule has 1 fully saturated rings. The van der Waals surface area contributed by atoms with Gasteiger partial charge in [0.1, 0.15) is 12.6 Å². The van der Waals surface area contributed by atoms with Crippen LogP contribution in [-0.2, 0) is 19.1 Å². The van der Waals surface area contributed by atoms with E-state index in [0.29, 0.717) is 0 Å². The van der Waals surface area contributed by atoms with Gasteiger partial charge in [-0.05, 0) is 0 Å². The number of ether oxygens (including phenoxy) is 2. The Bertz CT molecular complexity index is 375. The molecule has 3 N–H and O–H groups in total. The van der Waals surface area contributed by atoms with Gasteiger partial charge in [0.15, 0.2) is 0 Å². The largest absolute Gasteiger partial charge is 0.480 e. The van der Waals surface area contributed by atoms with Crippen LogP contribution in [0.5, 0.6) is 0 Å². The van der Waals surface area contributed by atoms with Crippen molar-refractivity contribution in [3.8, 4) is 0 Å². The van der Waals surface area contributed by atoms with Gasteiger partial charge >= 0.3 is 12.0 Å². The Labute approximate surface area is 116 Å². The van der Waals surface area contributed by atoms with Crippen LogP contribution in [0.15, 0.2) is 0 Å². The number of amides is 3. The minimum atomic E-state index is -1.14. The number of carbonyl (C=O) groups is 3. The molecule has 1 atom stereocenters. The second-order valence-corrected chi connectivity index (χ2v) is 4.28. The topological polar surface area (TPSA) is 122 Å². The Morgan fingerprint density at radius 3 is 2.75 bits per heavy atom. The van der Waals surface area contributed by atoms with E-state index in [-0.39, 0.29) is 32.9 Å². The first-order valence-electron chi connectivity index (χ1n) is 6.10. The number of hydrogen-bond donors (Lipinski definition) is 2. The number of carboxylic acid groups (broad SMARTS) is 1. The first kappa shape index (κ1) is 16.2. The van der Waals surface area contributed by atoms with Crippen molar-refractivity contribution >= 4 is 17.9 Å². The van der Waals surface area contributed by atoms with E-state index < -0.39 is 30.5 Å². The van der Waals surface area contributed by atoms with Crippen molar-refractivity contribution in [2.24, 2.45) is 5.73 Å². The third-order valence-corrected chi connectivity index (χ3v) is 2.86. The summed E-state index contributed by atoms with van der Waals surface area (Å²) in [6.45, 7) is 0.336. The van der Waals surface area contributed by atoms with Crippen molar-refractivity contribution in [3.05, 3.63) is 0 Å². The molecular weight excluding hydrogens is 270 g/mol. The van der Waals surface area contributed by atoms with Gasteiger partial charge in [0, 0.05) is 20.2 Å². The molecular formula is C11H19N3O6. The van der Waals surface area contributed by atoms with Gasteiger partial charge in [-0.1, -0.05) is 0 Å². The molecule has 1 unspecified atom stereocenters. The first-order chi connectivity index (χ1) is 9.47. The number of carboxylic acids is 1. The summed E-state index contributed by atoms with van der Waals surface area (Å²) in [5.41, 5.74) is 5.22. The fourth-order valence-corrected chi connectivity index (χ4v) is 1.86. The smallest absolute Gasteiger partial charge is 0.323 e. The van der Waals surface area contributed by atoms with Crippen LogP contribution in [0.3, 0.4) is 0 Å². The van der Waals surface area contributed by atoms with Crippen LogP contribution in [0.1, 0.15) is 0 Å². The Balaban J connectivity index is 2.79. The van der Waals surface area contributed by atoms with Crippen LogP contribution in [-0.4, -0.2) is 85.4 Å². The number of nitrogens with two attached hydrogens (primary N) is 1. The molecule has 0 radical (unpaired) electrons. The van der Waals surface area contributed by atoms with Gasteiger partial charge in [-0.2, -0.15) is 0 Å². The average molecular weight is 289 g/mol. The van der Waals surface area contributed by atoms with Gasteiger partial charge in [0.25, 0.3) is 0 Å². The lowest BCUT2D eigenvalue weighted by Crippen LogP contribution is -2.59. The lowest BCUT2D eigenvalue weighted by Gasteiger charge is -2.36. The molecule has 0 aromatic carbocycles. The van der Waals surface area contributed by atoms with Crippen LogP contribution in [0, 0.1) is 0 Å². The number of carbonyl (C=O) groups excluding carboxylic acids is 2. The number of rotatable bonds is 6. The second kappa shape index (κ2) is 7.65. The monoisotopic (exact) mass is 289 g/mol. The number of morpholine rings is 1. The second-order valence-electron chi connectivity index (χ2n) is 4.28. The first-order valence-corrected chi connectivity index (χ1v) is 6.10. The van der Waals surface area contributed by atoms with Gasteiger partial charge < -0.3 is 30.1 Å². The van der Waals surface area contributed by atoms with Crippen LogP contribution < -0.4 is 5.73 Å². The molecule has 1 aliphatic heterocycles. The molecule has 0 bridgehead atoms. The summed E-state index contributed by atoms with van der Waals surface area (Å²) in [5.74, 6) is -1.82. The molecule has 0 aromatic rings. The Morgan fingerprint density at radius 2 is 2.20 bits per heavy atom. The Kier molecular flexibility index (Phi) is 6.19. The fourth-order valence-electron chi connectivity index (χ4n) is 1.86. The fraction of sp³-hybridized carbons (Fsp3) is 0.727. The summed E-state index contributed by atoms with van der Waals surface area (Å²) in [6, 6.07) is -1.44. The van der Waals surface area contributed by atoms with Crippen LogP contribution in [0.2, 0.25) is 0 Å². The summed E-state index contributed by atoms with van der Waals surface area (Å²) < 4.78 is 9.96. The summed E-state index contributed by atoms with van der Waals surface area (Å²) in [4.78, 5) is 36.8. The number of urea groups is 1. The third kappa shape index (κ3) is 4.35. The number of hydrogen-bond acceptors (Lipinski definition) is 5. The predicted molar refractivity (Wildman–Crippen MR) is 67.0 cm³/mol. The standard InChI is InChI=1S/C11H19N3O6/c1-19-4-2-13(6-9(15)16)11(18)14-3-5-20-7-8(14)10(12)17/h8H,2-7H2,1H3,(H2,12,17)(H,15,16). The highest BCUT2D eigenvalue weighted by atomic mass is 16.5. The number of nitrogens with zero attached hydrogens (tertiary/aromatic N) is 2. The van der Waals surface area contributed by atoms with E-state index in [0.717, 1.165) is 4.90 Å². The molecule has 1 rings (SSSR count). The van der Waals surface area contributed by atoms with Gasteiger partial charge in [-0.15, -0.1) is 0 Å². The lowest BCUT2D eigenvalue weighted by molar-refractivity contribution is -0.138. The lowest BCUT2D eigenvalue weighted by atomic mass is 10.2. The maximum atomic E-state index is 12.3. The van der Waals surface area contributed by atoms with Gasteiger partial charge in [0.05, 0.1) is 19.8 Å². The van der Waals surface area contributed by atoms with Crippen molar-refractivity contribution in [2.75, 3.05) is 46.6 Å². The van der Waals surface area contributed by atoms with E-state index in [4.69, 9.17) is 20.3 Å². The molecule has 1 aliphatic rings. The van der Waals surface area contributed by atoms with E-state index >= 15 is 0 Å². The normalized spacial score (nSPS) is 18.6. The molecule has 3 amide bonds. The van der Waals surface area contributed by atoms with Gasteiger partial charge in [0.2, 0.25) is 5.91 Å². The molecule has 0 spiro atoms. The zero-order valence-corrected chi connectivity index (χ0v) is 11.3.